The molecule has 0 spiro atoms. The van der Waals surface area contributed by atoms with Crippen molar-refractivity contribution in [1.29, 1.82) is 0 Å². The Morgan fingerprint density at radius 3 is 2.84 bits per heavy atom. The van der Waals surface area contributed by atoms with Gasteiger partial charge in [-0.1, -0.05) is 18.9 Å². The van der Waals surface area contributed by atoms with Gasteiger partial charge in [-0.05, 0) is 44.4 Å². The van der Waals surface area contributed by atoms with E-state index in [4.69, 9.17) is 4.42 Å². The van der Waals surface area contributed by atoms with Crippen LogP contribution in [0, 0.1) is 0 Å². The summed E-state index contributed by atoms with van der Waals surface area (Å²) in [7, 11) is 0. The van der Waals surface area contributed by atoms with E-state index in [1.54, 1.807) is 0 Å². The first-order chi connectivity index (χ1) is 12.4. The van der Waals surface area contributed by atoms with Crippen molar-refractivity contribution >= 4 is 5.65 Å². The second-order valence-electron chi connectivity index (χ2n) is 7.27. The summed E-state index contributed by atoms with van der Waals surface area (Å²) in [6.07, 6.45) is 11.3. The number of piperidine rings is 1. The summed E-state index contributed by atoms with van der Waals surface area (Å²) < 4.78 is 8.24. The molecule has 0 amide bonds. The van der Waals surface area contributed by atoms with Crippen molar-refractivity contribution in [3.63, 3.8) is 0 Å². The van der Waals surface area contributed by atoms with Crippen molar-refractivity contribution in [2.24, 2.45) is 0 Å². The molecule has 0 aromatic carbocycles. The predicted octanol–water partition coefficient (Wildman–Crippen LogP) is 3.71. The van der Waals surface area contributed by atoms with Gasteiger partial charge in [0.15, 0.2) is 0 Å². The van der Waals surface area contributed by atoms with Crippen LogP contribution < -0.4 is 0 Å². The second kappa shape index (κ2) is 6.26. The zero-order valence-corrected chi connectivity index (χ0v) is 14.3. The molecule has 0 bridgehead atoms. The Kier molecular flexibility index (Phi) is 3.77. The van der Waals surface area contributed by atoms with Crippen LogP contribution in [0.15, 0.2) is 35.0 Å². The average Bonchev–Trinajstić information content (AvgIpc) is 3.22. The van der Waals surface area contributed by atoms with Crippen LogP contribution in [-0.2, 0) is 6.54 Å². The van der Waals surface area contributed by atoms with Crippen LogP contribution in [0.2, 0.25) is 0 Å². The molecule has 1 saturated carbocycles. The first-order valence-corrected chi connectivity index (χ1v) is 9.37. The third kappa shape index (κ3) is 2.74. The highest BCUT2D eigenvalue weighted by atomic mass is 16.4. The molecule has 0 N–H and O–H groups in total. The van der Waals surface area contributed by atoms with E-state index in [9.17, 15) is 0 Å². The van der Waals surface area contributed by atoms with Crippen LogP contribution in [0.1, 0.15) is 68.0 Å². The van der Waals surface area contributed by atoms with Crippen molar-refractivity contribution in [2.45, 2.75) is 57.0 Å². The van der Waals surface area contributed by atoms with E-state index < -0.39 is 0 Å². The van der Waals surface area contributed by atoms with Gasteiger partial charge in [0.05, 0.1) is 17.9 Å². The fourth-order valence-corrected chi connectivity index (χ4v) is 3.97. The number of pyridine rings is 1. The minimum absolute atomic E-state index is 0.226. The molecule has 6 nitrogen and oxygen atoms in total. The Morgan fingerprint density at radius 1 is 1.04 bits per heavy atom. The molecule has 1 aliphatic heterocycles. The number of likely N-dealkylation sites (tertiary alicyclic amines) is 1. The smallest absolute Gasteiger partial charge is 0.233 e. The fraction of sp³-hybridized carbons (Fsp3) is 0.526. The molecule has 1 aliphatic carbocycles. The lowest BCUT2D eigenvalue weighted by Crippen LogP contribution is -2.33. The molecule has 6 heteroatoms. The summed E-state index contributed by atoms with van der Waals surface area (Å²) in [4.78, 5) is 6.98. The summed E-state index contributed by atoms with van der Waals surface area (Å²) in [6.45, 7) is 1.92. The van der Waals surface area contributed by atoms with Crippen molar-refractivity contribution in [2.75, 3.05) is 6.54 Å². The van der Waals surface area contributed by atoms with Crippen molar-refractivity contribution in [3.8, 4) is 0 Å². The van der Waals surface area contributed by atoms with Crippen LogP contribution in [0.3, 0.4) is 0 Å². The highest BCUT2D eigenvalue weighted by Gasteiger charge is 2.31. The van der Waals surface area contributed by atoms with Crippen LogP contribution >= 0.6 is 0 Å². The van der Waals surface area contributed by atoms with E-state index in [0.29, 0.717) is 5.92 Å². The maximum Gasteiger partial charge on any atom is 0.233 e. The Morgan fingerprint density at radius 2 is 1.96 bits per heavy atom. The lowest BCUT2D eigenvalue weighted by molar-refractivity contribution is 0.113. The molecule has 0 radical (unpaired) electrons. The number of hydrogen-bond donors (Lipinski definition) is 0. The van der Waals surface area contributed by atoms with E-state index in [2.05, 4.69) is 36.7 Å². The predicted molar refractivity (Wildman–Crippen MR) is 93.1 cm³/mol. The molecule has 0 unspecified atom stereocenters. The average molecular weight is 337 g/mol. The molecule has 1 saturated heterocycles. The van der Waals surface area contributed by atoms with Crippen LogP contribution in [0.4, 0.5) is 0 Å². The van der Waals surface area contributed by atoms with E-state index in [-0.39, 0.29) is 6.04 Å². The quantitative estimate of drug-likeness (QED) is 0.726. The highest BCUT2D eigenvalue weighted by Crippen LogP contribution is 2.38. The number of aromatic nitrogens is 4. The van der Waals surface area contributed by atoms with Crippen molar-refractivity contribution < 1.29 is 4.42 Å². The normalized spacial score (nSPS) is 22.3. The molecule has 2 fully saturated rings. The second-order valence-corrected chi connectivity index (χ2v) is 7.27. The monoisotopic (exact) mass is 337 g/mol. The maximum atomic E-state index is 6.08. The van der Waals surface area contributed by atoms with Gasteiger partial charge in [0.1, 0.15) is 5.65 Å². The van der Waals surface area contributed by atoms with Gasteiger partial charge in [0.2, 0.25) is 11.8 Å². The standard InChI is InChI=1S/C19H23N5O/c1-3-10-23(13-15-12-20-17-9-2-4-11-24(15)17)16(8-1)19-22-21-18(25-19)14-6-5-7-14/h2,4,9,11-12,14,16H,1,3,5-8,10,13H2/t16-/m1/s1. The molecule has 2 aliphatic rings. The SMILES string of the molecule is c1ccn2c(CN3CCCC[C@@H]3c3nnc(C4CCC4)o3)cnc2c1. The molecule has 5 rings (SSSR count). The van der Waals surface area contributed by atoms with Crippen LogP contribution in [0.25, 0.3) is 5.65 Å². The largest absolute Gasteiger partial charge is 0.423 e. The van der Waals surface area contributed by atoms with E-state index in [0.717, 1.165) is 36.9 Å². The van der Waals surface area contributed by atoms with Gasteiger partial charge in [0.25, 0.3) is 0 Å². The summed E-state index contributed by atoms with van der Waals surface area (Å²) in [6, 6.07) is 6.34. The Bertz CT molecular complexity index is 865. The lowest BCUT2D eigenvalue weighted by Gasteiger charge is -2.33. The number of nitrogens with zero attached hydrogens (tertiary/aromatic N) is 5. The Hall–Kier alpha value is -2.21. The van der Waals surface area contributed by atoms with E-state index in [1.807, 2.05) is 18.3 Å². The van der Waals surface area contributed by atoms with Gasteiger partial charge in [-0.2, -0.15) is 0 Å². The first kappa shape index (κ1) is 15.1. The molecule has 130 valence electrons. The number of fused-ring (bicyclic) bond motifs is 1. The Labute approximate surface area is 146 Å². The maximum absolute atomic E-state index is 6.08. The summed E-state index contributed by atoms with van der Waals surface area (Å²) in [5.41, 5.74) is 2.21. The Balaban J connectivity index is 1.39. The van der Waals surface area contributed by atoms with Gasteiger partial charge in [-0.3, -0.25) is 4.90 Å². The van der Waals surface area contributed by atoms with Gasteiger partial charge >= 0.3 is 0 Å². The minimum Gasteiger partial charge on any atom is -0.423 e. The lowest BCUT2D eigenvalue weighted by atomic mass is 9.85. The van der Waals surface area contributed by atoms with Crippen molar-refractivity contribution in [3.05, 3.63) is 48.1 Å². The first-order valence-electron chi connectivity index (χ1n) is 9.37. The van der Waals surface area contributed by atoms with Crippen molar-refractivity contribution in [1.82, 2.24) is 24.5 Å². The third-order valence-corrected chi connectivity index (χ3v) is 5.67. The summed E-state index contributed by atoms with van der Waals surface area (Å²) in [5, 5.41) is 8.74. The van der Waals surface area contributed by atoms with E-state index >= 15 is 0 Å². The topological polar surface area (TPSA) is 59.5 Å². The van der Waals surface area contributed by atoms with Crippen LogP contribution in [-0.4, -0.2) is 31.0 Å². The number of rotatable bonds is 4. The molecule has 4 heterocycles. The zero-order chi connectivity index (χ0) is 16.6. The highest BCUT2D eigenvalue weighted by molar-refractivity contribution is 5.39. The molecule has 3 aromatic rings. The molecular weight excluding hydrogens is 314 g/mol. The summed E-state index contributed by atoms with van der Waals surface area (Å²) in [5.74, 6) is 2.15. The van der Waals surface area contributed by atoms with Gasteiger partial charge in [0, 0.05) is 18.7 Å². The minimum atomic E-state index is 0.226. The molecular formula is C19H23N5O. The number of imidazole rings is 1. The van der Waals surface area contributed by atoms with E-state index in [1.165, 1.54) is 37.8 Å². The van der Waals surface area contributed by atoms with Crippen LogP contribution in [0.5, 0.6) is 0 Å². The number of hydrogen-bond acceptors (Lipinski definition) is 5. The third-order valence-electron chi connectivity index (χ3n) is 5.67. The molecule has 25 heavy (non-hydrogen) atoms. The molecule has 3 aromatic heterocycles. The van der Waals surface area contributed by atoms with Gasteiger partial charge < -0.3 is 8.82 Å². The zero-order valence-electron chi connectivity index (χ0n) is 14.3. The van der Waals surface area contributed by atoms with Gasteiger partial charge in [-0.25, -0.2) is 4.98 Å². The van der Waals surface area contributed by atoms with Gasteiger partial charge in [-0.15, -0.1) is 10.2 Å². The fourth-order valence-electron chi connectivity index (χ4n) is 3.97. The molecule has 1 atom stereocenters. The summed E-state index contributed by atoms with van der Waals surface area (Å²) >= 11 is 0.